The van der Waals surface area contributed by atoms with E-state index < -0.39 is 5.97 Å². The zero-order valence-corrected chi connectivity index (χ0v) is 21.8. The topological polar surface area (TPSA) is 104 Å². The van der Waals surface area contributed by atoms with Crippen LogP contribution in [0.1, 0.15) is 27.3 Å². The van der Waals surface area contributed by atoms with Crippen molar-refractivity contribution in [2.24, 2.45) is 7.05 Å². The van der Waals surface area contributed by atoms with Gasteiger partial charge in [0.05, 0.1) is 48.3 Å². The van der Waals surface area contributed by atoms with Crippen molar-refractivity contribution in [2.75, 3.05) is 13.2 Å². The third-order valence-corrected chi connectivity index (χ3v) is 7.21. The first-order valence-corrected chi connectivity index (χ1v) is 14.4. The van der Waals surface area contributed by atoms with Gasteiger partial charge in [-0.3, -0.25) is 4.68 Å². The van der Waals surface area contributed by atoms with E-state index in [1.807, 2.05) is 17.7 Å². The Morgan fingerprint density at radius 2 is 2.12 bits per heavy atom. The van der Waals surface area contributed by atoms with Gasteiger partial charge in [-0.05, 0) is 58.8 Å². The molecule has 0 aliphatic heterocycles. The fourth-order valence-electron chi connectivity index (χ4n) is 3.60. The van der Waals surface area contributed by atoms with Crippen molar-refractivity contribution in [3.05, 3.63) is 65.8 Å². The predicted molar refractivity (Wildman–Crippen MR) is 141 cm³/mol. The predicted octanol–water partition coefficient (Wildman–Crippen LogP) is 4.87. The van der Waals surface area contributed by atoms with Crippen LogP contribution in [0.2, 0.25) is 0 Å². The van der Waals surface area contributed by atoms with E-state index in [1.165, 1.54) is 12.3 Å². The van der Waals surface area contributed by atoms with Gasteiger partial charge in [-0.1, -0.05) is 12.6 Å². The van der Waals surface area contributed by atoms with Gasteiger partial charge in [-0.2, -0.15) is 10.2 Å². The number of aromatic nitrogens is 5. The number of aryl methyl sites for hydroxylation is 2. The van der Waals surface area contributed by atoms with Crippen molar-refractivity contribution in [1.82, 2.24) is 24.3 Å². The van der Waals surface area contributed by atoms with Crippen molar-refractivity contribution in [3.8, 4) is 17.0 Å². The van der Waals surface area contributed by atoms with Crippen LogP contribution >= 0.6 is 28.4 Å². The molecule has 176 valence electrons. The highest BCUT2D eigenvalue weighted by molar-refractivity contribution is 14.2. The lowest BCUT2D eigenvalue weighted by Gasteiger charge is -2.10. The number of carboxylic acid groups (broad SMARTS) is 1. The Labute approximate surface area is 211 Å². The summed E-state index contributed by atoms with van der Waals surface area (Å²) in [7, 11) is 1.89. The molecule has 0 fully saturated rings. The van der Waals surface area contributed by atoms with Crippen LogP contribution in [0.3, 0.4) is 0 Å². The van der Waals surface area contributed by atoms with Crippen molar-refractivity contribution < 1.29 is 19.4 Å². The molecule has 4 aromatic rings. The van der Waals surface area contributed by atoms with Crippen LogP contribution in [-0.4, -0.2) is 48.6 Å². The highest BCUT2D eigenvalue weighted by Gasteiger charge is 2.15. The summed E-state index contributed by atoms with van der Waals surface area (Å²) >= 11 is 2.32. The van der Waals surface area contributed by atoms with Gasteiger partial charge in [0.2, 0.25) is 5.88 Å². The molecule has 3 heterocycles. The molecular formula is C23H23IN5O4P. The number of hydrogen-bond acceptors (Lipinski definition) is 6. The molecule has 1 unspecified atom stereocenters. The minimum atomic E-state index is -1.02. The van der Waals surface area contributed by atoms with E-state index in [-0.39, 0.29) is 5.56 Å². The lowest BCUT2D eigenvalue weighted by atomic mass is 10.0. The molecule has 0 radical (unpaired) electrons. The minimum Gasteiger partial charge on any atom is -0.478 e. The number of halogens is 1. The molecule has 1 N–H and O–H groups in total. The van der Waals surface area contributed by atoms with Crippen molar-refractivity contribution in [1.29, 1.82) is 0 Å². The first-order valence-electron chi connectivity index (χ1n) is 10.4. The summed E-state index contributed by atoms with van der Waals surface area (Å²) in [5.74, 6) is -0.620. The summed E-state index contributed by atoms with van der Waals surface area (Å²) in [6, 6.07) is 7.80. The quantitative estimate of drug-likeness (QED) is 0.160. The van der Waals surface area contributed by atoms with E-state index in [9.17, 15) is 4.79 Å². The second kappa shape index (κ2) is 10.6. The average Bonchev–Trinajstić information content (AvgIpc) is 3.38. The number of rotatable bonds is 10. The second-order valence-corrected chi connectivity index (χ2v) is 9.54. The number of carboxylic acids is 1. The third kappa shape index (κ3) is 4.98. The minimum absolute atomic E-state index is 0.130. The highest BCUT2D eigenvalue weighted by Crippen LogP contribution is 2.34. The van der Waals surface area contributed by atoms with Gasteiger partial charge < -0.3 is 14.6 Å². The fraction of sp³-hybridized carbons (Fsp3) is 0.217. The first kappa shape index (κ1) is 24.3. The summed E-state index contributed by atoms with van der Waals surface area (Å²) in [4.78, 5) is 15.1. The molecule has 34 heavy (non-hydrogen) atoms. The number of nitrogens with zero attached hydrogens (tertiary/aromatic N) is 5. The molecule has 0 spiro atoms. The van der Waals surface area contributed by atoms with Gasteiger partial charge in [-0.15, -0.1) is 0 Å². The number of hydrogen-bond donors (Lipinski definition) is 1. The molecule has 0 saturated carbocycles. The number of carbonyl (C=O) groups is 1. The van der Waals surface area contributed by atoms with Gasteiger partial charge in [-0.25, -0.2) is 14.2 Å². The van der Waals surface area contributed by atoms with Gasteiger partial charge in [0.25, 0.3) is 0 Å². The molecule has 1 atom stereocenters. The Morgan fingerprint density at radius 1 is 1.29 bits per heavy atom. The van der Waals surface area contributed by atoms with E-state index in [0.717, 1.165) is 33.4 Å². The maximum Gasteiger partial charge on any atom is 0.337 e. The van der Waals surface area contributed by atoms with E-state index in [0.29, 0.717) is 37.6 Å². The number of benzene rings is 1. The SMILES string of the molecule is C=Cc1nn(PI)c2ccc(-c3cnn(C)c3COCCOc3ncc(C(=O)O)cc3C)cc12. The maximum atomic E-state index is 11.0. The number of fused-ring (bicyclic) bond motifs is 1. The zero-order valence-electron chi connectivity index (χ0n) is 18.7. The molecule has 3 aromatic heterocycles. The smallest absolute Gasteiger partial charge is 0.337 e. The maximum absolute atomic E-state index is 11.0. The largest absolute Gasteiger partial charge is 0.478 e. The molecule has 0 saturated heterocycles. The number of aromatic carboxylic acids is 1. The monoisotopic (exact) mass is 591 g/mol. The molecule has 1 aromatic carbocycles. The summed E-state index contributed by atoms with van der Waals surface area (Å²) < 4.78 is 15.3. The summed E-state index contributed by atoms with van der Waals surface area (Å²) in [5, 5.41) is 19.1. The highest BCUT2D eigenvalue weighted by atomic mass is 127. The normalized spacial score (nSPS) is 11.5. The van der Waals surface area contributed by atoms with E-state index in [2.05, 4.69) is 62.0 Å². The Kier molecular flexibility index (Phi) is 7.60. The van der Waals surface area contributed by atoms with Crippen LogP contribution in [0.5, 0.6) is 5.88 Å². The summed E-state index contributed by atoms with van der Waals surface area (Å²) in [6.45, 7) is 6.65. The number of ether oxygens (including phenoxy) is 2. The van der Waals surface area contributed by atoms with Crippen molar-refractivity contribution >= 4 is 51.4 Å². The summed E-state index contributed by atoms with van der Waals surface area (Å²) in [6.07, 6.45) is 5.41. The van der Waals surface area contributed by atoms with Gasteiger partial charge in [0, 0.05) is 29.8 Å². The van der Waals surface area contributed by atoms with Crippen LogP contribution in [0, 0.1) is 6.92 Å². The van der Waals surface area contributed by atoms with Gasteiger partial charge in [0.15, 0.2) is 0 Å². The van der Waals surface area contributed by atoms with Crippen LogP contribution < -0.4 is 4.74 Å². The molecule has 0 amide bonds. The molecule has 0 bridgehead atoms. The molecule has 0 aliphatic rings. The van der Waals surface area contributed by atoms with Crippen LogP contribution in [0.15, 0.2) is 43.2 Å². The Hall–Kier alpha value is -2.82. The van der Waals surface area contributed by atoms with Crippen molar-refractivity contribution in [2.45, 2.75) is 13.5 Å². The van der Waals surface area contributed by atoms with E-state index in [1.54, 1.807) is 17.7 Å². The second-order valence-electron chi connectivity index (χ2n) is 7.50. The standard InChI is InChI=1S/C23H23IN5O4P/c1-4-19-17-10-15(5-6-20(17)29(27-19)34-24)18-12-26-28(3)21(18)13-32-7-8-33-22-14(2)9-16(11-25-22)23(30)31/h4-6,9-12,34H,1,7-8,13H2,2-3H3,(H,30,31). The molecule has 4 rings (SSSR count). The van der Waals surface area contributed by atoms with E-state index in [4.69, 9.17) is 14.6 Å². The average molecular weight is 591 g/mol. The molecule has 11 heteroatoms. The van der Waals surface area contributed by atoms with Crippen molar-refractivity contribution in [3.63, 3.8) is 0 Å². The lowest BCUT2D eigenvalue weighted by molar-refractivity contribution is 0.0695. The number of pyridine rings is 1. The van der Waals surface area contributed by atoms with Crippen LogP contribution in [0.25, 0.3) is 28.1 Å². The molecular weight excluding hydrogens is 568 g/mol. The third-order valence-electron chi connectivity index (χ3n) is 5.34. The Bertz CT molecular complexity index is 1370. The Morgan fingerprint density at radius 3 is 2.82 bits per heavy atom. The van der Waals surface area contributed by atoms with Crippen LogP contribution in [0.4, 0.5) is 0 Å². The first-order chi connectivity index (χ1) is 16.4. The zero-order chi connectivity index (χ0) is 24.2. The van der Waals surface area contributed by atoms with Crippen LogP contribution in [-0.2, 0) is 18.4 Å². The molecule has 0 aliphatic carbocycles. The Balaban J connectivity index is 1.43. The fourth-order valence-corrected chi connectivity index (χ4v) is 5.13. The van der Waals surface area contributed by atoms with Gasteiger partial charge in [0.1, 0.15) is 6.61 Å². The lowest BCUT2D eigenvalue weighted by Crippen LogP contribution is -2.10. The van der Waals surface area contributed by atoms with Gasteiger partial charge >= 0.3 is 5.97 Å². The molecule has 9 nitrogen and oxygen atoms in total. The summed E-state index contributed by atoms with van der Waals surface area (Å²) in [5.41, 5.74) is 5.70. The van der Waals surface area contributed by atoms with E-state index >= 15 is 0 Å².